The number of rotatable bonds is 3. The van der Waals surface area contributed by atoms with Crippen molar-refractivity contribution in [2.75, 3.05) is 13.2 Å². The molecule has 1 fully saturated rings. The van der Waals surface area contributed by atoms with Crippen molar-refractivity contribution in [3.8, 4) is 5.75 Å². The maximum absolute atomic E-state index is 5.93. The fraction of sp³-hybridized carbons (Fsp3) is 0.375. The van der Waals surface area contributed by atoms with Crippen molar-refractivity contribution < 1.29 is 9.47 Å². The van der Waals surface area contributed by atoms with Crippen LogP contribution in [-0.2, 0) is 4.74 Å². The maximum atomic E-state index is 5.93. The SMILES string of the molecule is c1ccc2c(OCC3CCCCO3)cccc2c1. The summed E-state index contributed by atoms with van der Waals surface area (Å²) in [5.74, 6) is 0.960. The zero-order chi connectivity index (χ0) is 12.2. The molecule has 0 radical (unpaired) electrons. The molecule has 1 saturated heterocycles. The lowest BCUT2D eigenvalue weighted by Crippen LogP contribution is -2.25. The van der Waals surface area contributed by atoms with Crippen molar-refractivity contribution in [1.29, 1.82) is 0 Å². The molecule has 2 aromatic rings. The molecule has 3 rings (SSSR count). The molecule has 1 aliphatic rings. The Kier molecular flexibility index (Phi) is 3.47. The van der Waals surface area contributed by atoms with Gasteiger partial charge in [-0.1, -0.05) is 36.4 Å². The molecule has 1 aliphatic heterocycles. The normalized spacial score (nSPS) is 19.9. The van der Waals surface area contributed by atoms with E-state index in [2.05, 4.69) is 24.3 Å². The molecule has 0 N–H and O–H groups in total. The van der Waals surface area contributed by atoms with Gasteiger partial charge >= 0.3 is 0 Å². The van der Waals surface area contributed by atoms with E-state index >= 15 is 0 Å². The van der Waals surface area contributed by atoms with Crippen molar-refractivity contribution >= 4 is 10.8 Å². The van der Waals surface area contributed by atoms with Gasteiger partial charge in [-0.05, 0) is 30.7 Å². The average Bonchev–Trinajstić information content (AvgIpc) is 2.46. The Bertz CT molecular complexity index is 510. The molecule has 0 aliphatic carbocycles. The van der Waals surface area contributed by atoms with Crippen LogP contribution in [0.25, 0.3) is 10.8 Å². The molecule has 0 saturated carbocycles. The van der Waals surface area contributed by atoms with E-state index in [1.165, 1.54) is 23.6 Å². The van der Waals surface area contributed by atoms with Crippen molar-refractivity contribution in [2.45, 2.75) is 25.4 Å². The first-order valence-electron chi connectivity index (χ1n) is 6.66. The second kappa shape index (κ2) is 5.40. The van der Waals surface area contributed by atoms with E-state index in [0.717, 1.165) is 18.8 Å². The molecule has 18 heavy (non-hydrogen) atoms. The number of fused-ring (bicyclic) bond motifs is 1. The lowest BCUT2D eigenvalue weighted by Gasteiger charge is -2.22. The summed E-state index contributed by atoms with van der Waals surface area (Å²) in [6, 6.07) is 14.5. The Morgan fingerprint density at radius 3 is 2.83 bits per heavy atom. The van der Waals surface area contributed by atoms with E-state index in [9.17, 15) is 0 Å². The van der Waals surface area contributed by atoms with Crippen LogP contribution in [0.4, 0.5) is 0 Å². The Hall–Kier alpha value is -1.54. The van der Waals surface area contributed by atoms with Crippen molar-refractivity contribution in [2.24, 2.45) is 0 Å². The predicted octanol–water partition coefficient (Wildman–Crippen LogP) is 3.79. The van der Waals surface area contributed by atoms with Gasteiger partial charge in [0.1, 0.15) is 12.4 Å². The van der Waals surface area contributed by atoms with Crippen LogP contribution in [0.1, 0.15) is 19.3 Å². The first-order valence-corrected chi connectivity index (χ1v) is 6.66. The monoisotopic (exact) mass is 242 g/mol. The van der Waals surface area contributed by atoms with Gasteiger partial charge in [-0.2, -0.15) is 0 Å². The van der Waals surface area contributed by atoms with Gasteiger partial charge < -0.3 is 9.47 Å². The predicted molar refractivity (Wildman–Crippen MR) is 73.0 cm³/mol. The van der Waals surface area contributed by atoms with Gasteiger partial charge in [-0.25, -0.2) is 0 Å². The summed E-state index contributed by atoms with van der Waals surface area (Å²) in [4.78, 5) is 0. The van der Waals surface area contributed by atoms with Crippen LogP contribution >= 0.6 is 0 Å². The number of ether oxygens (including phenoxy) is 2. The zero-order valence-electron chi connectivity index (χ0n) is 10.5. The third-order valence-corrected chi connectivity index (χ3v) is 3.45. The maximum Gasteiger partial charge on any atom is 0.127 e. The molecule has 0 spiro atoms. The van der Waals surface area contributed by atoms with Crippen LogP contribution < -0.4 is 4.74 Å². The third-order valence-electron chi connectivity index (χ3n) is 3.45. The lowest BCUT2D eigenvalue weighted by molar-refractivity contribution is -0.0107. The fourth-order valence-corrected chi connectivity index (χ4v) is 2.44. The molecular formula is C16H18O2. The van der Waals surface area contributed by atoms with E-state index in [-0.39, 0.29) is 6.10 Å². The minimum absolute atomic E-state index is 0.262. The highest BCUT2D eigenvalue weighted by Crippen LogP contribution is 2.25. The first kappa shape index (κ1) is 11.5. The number of hydrogen-bond acceptors (Lipinski definition) is 2. The molecule has 2 heteroatoms. The van der Waals surface area contributed by atoms with Gasteiger partial charge in [0.15, 0.2) is 0 Å². The molecule has 1 heterocycles. The zero-order valence-corrected chi connectivity index (χ0v) is 10.5. The number of benzene rings is 2. The molecule has 0 aromatic heterocycles. The van der Waals surface area contributed by atoms with Gasteiger partial charge in [0.05, 0.1) is 6.10 Å². The highest BCUT2D eigenvalue weighted by molar-refractivity contribution is 5.88. The topological polar surface area (TPSA) is 18.5 Å². The molecular weight excluding hydrogens is 224 g/mol. The molecule has 2 aromatic carbocycles. The smallest absolute Gasteiger partial charge is 0.127 e. The summed E-state index contributed by atoms with van der Waals surface area (Å²) in [6.07, 6.45) is 3.82. The molecule has 94 valence electrons. The summed E-state index contributed by atoms with van der Waals surface area (Å²) in [5.41, 5.74) is 0. The minimum Gasteiger partial charge on any atom is -0.490 e. The Labute approximate surface area is 108 Å². The fourth-order valence-electron chi connectivity index (χ4n) is 2.44. The largest absolute Gasteiger partial charge is 0.490 e. The summed E-state index contributed by atoms with van der Waals surface area (Å²) >= 11 is 0. The Balaban J connectivity index is 1.74. The van der Waals surface area contributed by atoms with Crippen LogP contribution in [0, 0.1) is 0 Å². The molecule has 0 amide bonds. The van der Waals surface area contributed by atoms with Crippen LogP contribution in [0.3, 0.4) is 0 Å². The van der Waals surface area contributed by atoms with Crippen molar-refractivity contribution in [3.63, 3.8) is 0 Å². The number of hydrogen-bond donors (Lipinski definition) is 0. The highest BCUT2D eigenvalue weighted by Gasteiger charge is 2.14. The Morgan fingerprint density at radius 1 is 1.06 bits per heavy atom. The highest BCUT2D eigenvalue weighted by atomic mass is 16.5. The second-order valence-electron chi connectivity index (χ2n) is 4.78. The molecule has 1 atom stereocenters. The van der Waals surface area contributed by atoms with Gasteiger partial charge in [-0.15, -0.1) is 0 Å². The van der Waals surface area contributed by atoms with Gasteiger partial charge in [0.2, 0.25) is 0 Å². The van der Waals surface area contributed by atoms with Gasteiger partial charge in [0.25, 0.3) is 0 Å². The summed E-state index contributed by atoms with van der Waals surface area (Å²) in [6.45, 7) is 1.54. The second-order valence-corrected chi connectivity index (χ2v) is 4.78. The standard InChI is InChI=1S/C16H18O2/c1-2-9-15-13(6-1)7-5-10-16(15)18-12-14-8-3-4-11-17-14/h1-2,5-7,9-10,14H,3-4,8,11-12H2. The van der Waals surface area contributed by atoms with Gasteiger partial charge in [0, 0.05) is 12.0 Å². The summed E-state index contributed by atoms with van der Waals surface area (Å²) in [7, 11) is 0. The van der Waals surface area contributed by atoms with E-state index in [1.54, 1.807) is 0 Å². The van der Waals surface area contributed by atoms with Crippen LogP contribution in [-0.4, -0.2) is 19.3 Å². The molecule has 0 bridgehead atoms. The van der Waals surface area contributed by atoms with Gasteiger partial charge in [-0.3, -0.25) is 0 Å². The van der Waals surface area contributed by atoms with E-state index < -0.39 is 0 Å². The minimum atomic E-state index is 0.262. The van der Waals surface area contributed by atoms with E-state index in [0.29, 0.717) is 6.61 Å². The van der Waals surface area contributed by atoms with Crippen molar-refractivity contribution in [3.05, 3.63) is 42.5 Å². The van der Waals surface area contributed by atoms with E-state index in [1.807, 2.05) is 18.2 Å². The van der Waals surface area contributed by atoms with Crippen molar-refractivity contribution in [1.82, 2.24) is 0 Å². The molecule has 1 unspecified atom stereocenters. The average molecular weight is 242 g/mol. The van der Waals surface area contributed by atoms with Crippen LogP contribution in [0.15, 0.2) is 42.5 Å². The molecule has 2 nitrogen and oxygen atoms in total. The van der Waals surface area contributed by atoms with E-state index in [4.69, 9.17) is 9.47 Å². The lowest BCUT2D eigenvalue weighted by atomic mass is 10.1. The van der Waals surface area contributed by atoms with Crippen LogP contribution in [0.2, 0.25) is 0 Å². The first-order chi connectivity index (χ1) is 8.93. The van der Waals surface area contributed by atoms with Crippen LogP contribution in [0.5, 0.6) is 5.75 Å². The third kappa shape index (κ3) is 2.49. The Morgan fingerprint density at radius 2 is 1.94 bits per heavy atom. The summed E-state index contributed by atoms with van der Waals surface area (Å²) in [5, 5.41) is 2.40. The summed E-state index contributed by atoms with van der Waals surface area (Å²) < 4.78 is 11.6. The quantitative estimate of drug-likeness (QED) is 0.815.